The van der Waals surface area contributed by atoms with Crippen molar-refractivity contribution in [3.8, 4) is 11.5 Å². The molecule has 0 atom stereocenters. The monoisotopic (exact) mass is 408 g/mol. The summed E-state index contributed by atoms with van der Waals surface area (Å²) in [6.45, 7) is 8.52. The fourth-order valence-electron chi connectivity index (χ4n) is 3.90. The van der Waals surface area contributed by atoms with Crippen LogP contribution in [0.3, 0.4) is 0 Å². The Morgan fingerprint density at radius 2 is 1.73 bits per heavy atom. The summed E-state index contributed by atoms with van der Waals surface area (Å²) in [5, 5.41) is 0.923. The second-order valence-electron chi connectivity index (χ2n) is 7.56. The zero-order valence-electron chi connectivity index (χ0n) is 17.8. The van der Waals surface area contributed by atoms with E-state index in [0.717, 1.165) is 42.1 Å². The zero-order chi connectivity index (χ0) is 21.1. The molecule has 3 aromatic rings. The lowest BCUT2D eigenvalue weighted by Crippen LogP contribution is -2.48. The van der Waals surface area contributed by atoms with Crippen LogP contribution in [0.5, 0.6) is 11.5 Å². The zero-order valence-corrected chi connectivity index (χ0v) is 17.8. The van der Waals surface area contributed by atoms with Gasteiger partial charge in [0.1, 0.15) is 17.1 Å². The van der Waals surface area contributed by atoms with Crippen molar-refractivity contribution in [2.24, 2.45) is 0 Å². The van der Waals surface area contributed by atoms with E-state index >= 15 is 0 Å². The molecule has 158 valence electrons. The first-order chi connectivity index (χ1) is 14.6. The van der Waals surface area contributed by atoms with Crippen molar-refractivity contribution in [2.45, 2.75) is 20.4 Å². The highest BCUT2D eigenvalue weighted by atomic mass is 16.5. The highest BCUT2D eigenvalue weighted by molar-refractivity contribution is 5.99. The van der Waals surface area contributed by atoms with Gasteiger partial charge in [-0.1, -0.05) is 12.1 Å². The first-order valence-corrected chi connectivity index (χ1v) is 10.4. The van der Waals surface area contributed by atoms with Gasteiger partial charge in [-0.25, -0.2) is 0 Å². The quantitative estimate of drug-likeness (QED) is 0.615. The normalized spacial score (nSPS) is 14.8. The maximum Gasteiger partial charge on any atom is 0.289 e. The molecule has 6 heteroatoms. The molecule has 1 aromatic heterocycles. The number of hydrogen-bond acceptors (Lipinski definition) is 5. The Morgan fingerprint density at radius 3 is 2.40 bits per heavy atom. The number of fused-ring (bicyclic) bond motifs is 1. The van der Waals surface area contributed by atoms with Gasteiger partial charge in [0.2, 0.25) is 0 Å². The van der Waals surface area contributed by atoms with E-state index in [1.807, 2.05) is 49.1 Å². The highest BCUT2D eigenvalue weighted by Crippen LogP contribution is 2.29. The molecule has 1 fully saturated rings. The van der Waals surface area contributed by atoms with Crippen LogP contribution in [0.15, 0.2) is 46.9 Å². The fraction of sp³-hybridized carbons (Fsp3) is 0.375. The summed E-state index contributed by atoms with van der Waals surface area (Å²) >= 11 is 0. The van der Waals surface area contributed by atoms with Crippen LogP contribution in [-0.4, -0.2) is 55.6 Å². The van der Waals surface area contributed by atoms with Crippen molar-refractivity contribution in [2.75, 3.05) is 39.9 Å². The maximum absolute atomic E-state index is 13.1. The lowest BCUT2D eigenvalue weighted by Gasteiger charge is -2.34. The summed E-state index contributed by atoms with van der Waals surface area (Å²) in [5.41, 5.74) is 2.83. The largest absolute Gasteiger partial charge is 0.497 e. The average molecular weight is 408 g/mol. The third kappa shape index (κ3) is 4.14. The molecule has 0 saturated carbocycles. The van der Waals surface area contributed by atoms with Gasteiger partial charge in [0, 0.05) is 43.7 Å². The van der Waals surface area contributed by atoms with Crippen molar-refractivity contribution < 1.29 is 18.7 Å². The summed E-state index contributed by atoms with van der Waals surface area (Å²) in [6, 6.07) is 13.9. The van der Waals surface area contributed by atoms with Crippen molar-refractivity contribution >= 4 is 16.9 Å². The van der Waals surface area contributed by atoms with Crippen LogP contribution in [0.4, 0.5) is 0 Å². The summed E-state index contributed by atoms with van der Waals surface area (Å²) in [7, 11) is 1.63. The lowest BCUT2D eigenvalue weighted by atomic mass is 10.1. The number of aryl methyl sites for hydroxylation is 1. The molecule has 0 unspecified atom stereocenters. The van der Waals surface area contributed by atoms with Gasteiger partial charge in [0.25, 0.3) is 5.91 Å². The highest BCUT2D eigenvalue weighted by Gasteiger charge is 2.26. The topological polar surface area (TPSA) is 55.2 Å². The van der Waals surface area contributed by atoms with Gasteiger partial charge in [-0.2, -0.15) is 0 Å². The van der Waals surface area contributed by atoms with E-state index in [0.29, 0.717) is 31.0 Å². The Bertz CT molecular complexity index is 1020. The summed E-state index contributed by atoms with van der Waals surface area (Å²) < 4.78 is 16.7. The van der Waals surface area contributed by atoms with Crippen LogP contribution < -0.4 is 9.47 Å². The predicted octanol–water partition coefficient (Wildman–Crippen LogP) is 4.11. The molecule has 0 radical (unpaired) electrons. The minimum Gasteiger partial charge on any atom is -0.497 e. The van der Waals surface area contributed by atoms with Gasteiger partial charge < -0.3 is 18.8 Å². The van der Waals surface area contributed by atoms with Gasteiger partial charge in [0.05, 0.1) is 13.7 Å². The van der Waals surface area contributed by atoms with E-state index in [4.69, 9.17) is 13.9 Å². The van der Waals surface area contributed by atoms with E-state index in [1.165, 1.54) is 5.56 Å². The van der Waals surface area contributed by atoms with Crippen LogP contribution in [0, 0.1) is 6.92 Å². The van der Waals surface area contributed by atoms with Crippen LogP contribution >= 0.6 is 0 Å². The van der Waals surface area contributed by atoms with E-state index in [2.05, 4.69) is 17.0 Å². The Balaban J connectivity index is 1.38. The fourth-order valence-corrected chi connectivity index (χ4v) is 3.90. The number of carbonyl (C=O) groups is 1. The second-order valence-corrected chi connectivity index (χ2v) is 7.56. The summed E-state index contributed by atoms with van der Waals surface area (Å²) in [6.07, 6.45) is 0. The van der Waals surface area contributed by atoms with E-state index in [9.17, 15) is 4.79 Å². The van der Waals surface area contributed by atoms with Crippen LogP contribution in [0.2, 0.25) is 0 Å². The average Bonchev–Trinajstić information content (AvgIpc) is 3.11. The molecule has 2 heterocycles. The second kappa shape index (κ2) is 8.79. The number of carbonyl (C=O) groups excluding carboxylic acids is 1. The molecule has 4 rings (SSSR count). The molecule has 6 nitrogen and oxygen atoms in total. The maximum atomic E-state index is 13.1. The SMILES string of the molecule is CCOc1ccc(CN2CCN(C(=O)c3oc4ccc(OC)cc4c3C)CC2)cc1. The Labute approximate surface area is 177 Å². The van der Waals surface area contributed by atoms with Crippen molar-refractivity contribution in [3.05, 3.63) is 59.4 Å². The summed E-state index contributed by atoms with van der Waals surface area (Å²) in [5.74, 6) is 2.05. The van der Waals surface area contributed by atoms with E-state index in [1.54, 1.807) is 7.11 Å². The van der Waals surface area contributed by atoms with Gasteiger partial charge in [-0.05, 0) is 49.7 Å². The number of rotatable bonds is 6. The molecular weight excluding hydrogens is 380 g/mol. The first-order valence-electron chi connectivity index (χ1n) is 10.4. The number of piperazine rings is 1. The number of furan rings is 1. The number of benzene rings is 2. The molecule has 0 aliphatic carbocycles. The molecular formula is C24H28N2O4. The Kier molecular flexibility index (Phi) is 5.95. The molecule has 1 amide bonds. The van der Waals surface area contributed by atoms with Crippen molar-refractivity contribution in [3.63, 3.8) is 0 Å². The third-order valence-electron chi connectivity index (χ3n) is 5.64. The molecule has 2 aromatic carbocycles. The number of nitrogens with zero attached hydrogens (tertiary/aromatic N) is 2. The molecule has 0 N–H and O–H groups in total. The summed E-state index contributed by atoms with van der Waals surface area (Å²) in [4.78, 5) is 17.3. The van der Waals surface area contributed by atoms with Crippen LogP contribution in [0.1, 0.15) is 28.6 Å². The molecule has 1 aliphatic rings. The number of ether oxygens (including phenoxy) is 2. The molecule has 0 spiro atoms. The lowest BCUT2D eigenvalue weighted by molar-refractivity contribution is 0.0599. The van der Waals surface area contributed by atoms with Gasteiger partial charge in [-0.15, -0.1) is 0 Å². The van der Waals surface area contributed by atoms with Crippen molar-refractivity contribution in [1.29, 1.82) is 0 Å². The number of hydrogen-bond donors (Lipinski definition) is 0. The predicted molar refractivity (Wildman–Crippen MR) is 116 cm³/mol. The minimum absolute atomic E-state index is 0.0385. The third-order valence-corrected chi connectivity index (χ3v) is 5.64. The molecule has 0 bridgehead atoms. The minimum atomic E-state index is -0.0385. The molecule has 1 aliphatic heterocycles. The van der Waals surface area contributed by atoms with Gasteiger partial charge in [-0.3, -0.25) is 9.69 Å². The van der Waals surface area contributed by atoms with Crippen LogP contribution in [0.25, 0.3) is 11.0 Å². The first kappa shape index (κ1) is 20.3. The Hall–Kier alpha value is -2.99. The Morgan fingerprint density at radius 1 is 1.03 bits per heavy atom. The van der Waals surface area contributed by atoms with Gasteiger partial charge in [0.15, 0.2) is 5.76 Å². The standard InChI is InChI=1S/C24H28N2O4/c1-4-29-19-7-5-18(6-8-19)16-25-11-13-26(14-12-25)24(27)23-17(2)21-15-20(28-3)9-10-22(21)30-23/h5-10,15H,4,11-14,16H2,1-3H3. The smallest absolute Gasteiger partial charge is 0.289 e. The molecule has 1 saturated heterocycles. The van der Waals surface area contributed by atoms with Crippen molar-refractivity contribution in [1.82, 2.24) is 9.80 Å². The van der Waals surface area contributed by atoms with Crippen LogP contribution in [-0.2, 0) is 6.54 Å². The number of methoxy groups -OCH3 is 1. The number of amides is 1. The van der Waals surface area contributed by atoms with E-state index in [-0.39, 0.29) is 5.91 Å². The molecule has 30 heavy (non-hydrogen) atoms. The van der Waals surface area contributed by atoms with Gasteiger partial charge >= 0.3 is 0 Å². The van der Waals surface area contributed by atoms with E-state index < -0.39 is 0 Å².